The average Bonchev–Trinajstić information content (AvgIpc) is 3.26. The molecule has 5 nitrogen and oxygen atoms in total. The van der Waals surface area contributed by atoms with E-state index in [-0.39, 0.29) is 12.0 Å². The van der Waals surface area contributed by atoms with Crippen LogP contribution >= 0.6 is 11.6 Å². The second-order valence-electron chi connectivity index (χ2n) is 7.64. The Bertz CT molecular complexity index is 956. The number of benzene rings is 1. The summed E-state index contributed by atoms with van der Waals surface area (Å²) >= 11 is 5.96. The number of likely N-dealkylation sites (tertiary alicyclic amines) is 1. The van der Waals surface area contributed by atoms with Gasteiger partial charge in [-0.25, -0.2) is 0 Å². The maximum absolute atomic E-state index is 12.7. The maximum atomic E-state index is 12.7. The molecule has 30 heavy (non-hydrogen) atoms. The Kier molecular flexibility index (Phi) is 6.82. The third-order valence-electron chi connectivity index (χ3n) is 5.43. The standard InChI is InChI=1S/C24H26ClN3O2/c25-19-8-6-18(7-9-19)23-12-10-20(27-23)11-13-24(29)28-15-3-5-22(16-28)30-17-21-4-1-2-14-26-21/h1-2,4,6-10,12,14,22,27H,3,5,11,13,15-17H2. The van der Waals surface area contributed by atoms with E-state index < -0.39 is 0 Å². The number of nitrogens with one attached hydrogen (secondary N) is 1. The van der Waals surface area contributed by atoms with E-state index in [2.05, 4.69) is 9.97 Å². The lowest BCUT2D eigenvalue weighted by Gasteiger charge is -2.32. The molecule has 2 aromatic heterocycles. The van der Waals surface area contributed by atoms with Crippen molar-refractivity contribution >= 4 is 17.5 Å². The highest BCUT2D eigenvalue weighted by molar-refractivity contribution is 6.30. The fraction of sp³-hybridized carbons (Fsp3) is 0.333. The Balaban J connectivity index is 1.26. The molecule has 6 heteroatoms. The third kappa shape index (κ3) is 5.49. The number of aryl methyl sites for hydroxylation is 1. The third-order valence-corrected chi connectivity index (χ3v) is 5.69. The molecule has 0 saturated carbocycles. The van der Waals surface area contributed by atoms with Crippen molar-refractivity contribution < 1.29 is 9.53 Å². The van der Waals surface area contributed by atoms with E-state index in [0.717, 1.165) is 47.1 Å². The minimum atomic E-state index is 0.0756. The van der Waals surface area contributed by atoms with E-state index in [4.69, 9.17) is 16.3 Å². The molecular formula is C24H26ClN3O2. The van der Waals surface area contributed by atoms with Gasteiger partial charge >= 0.3 is 0 Å². The quantitative estimate of drug-likeness (QED) is 0.589. The van der Waals surface area contributed by atoms with Crippen molar-refractivity contribution in [3.63, 3.8) is 0 Å². The Morgan fingerprint density at radius 3 is 2.83 bits per heavy atom. The second kappa shape index (κ2) is 9.92. The van der Waals surface area contributed by atoms with Crippen LogP contribution < -0.4 is 0 Å². The molecule has 0 radical (unpaired) electrons. The Morgan fingerprint density at radius 1 is 1.17 bits per heavy atom. The summed E-state index contributed by atoms with van der Waals surface area (Å²) in [6.07, 6.45) is 5.00. The highest BCUT2D eigenvalue weighted by atomic mass is 35.5. The molecule has 1 N–H and O–H groups in total. The number of hydrogen-bond donors (Lipinski definition) is 1. The molecule has 1 aromatic carbocycles. The van der Waals surface area contributed by atoms with E-state index >= 15 is 0 Å². The predicted octanol–water partition coefficient (Wildman–Crippen LogP) is 4.87. The molecule has 0 bridgehead atoms. The van der Waals surface area contributed by atoms with Gasteiger partial charge in [-0.3, -0.25) is 9.78 Å². The number of hydrogen-bond acceptors (Lipinski definition) is 3. The number of piperidine rings is 1. The first-order valence-corrected chi connectivity index (χ1v) is 10.8. The average molecular weight is 424 g/mol. The van der Waals surface area contributed by atoms with Crippen LogP contribution in [0.15, 0.2) is 60.8 Å². The van der Waals surface area contributed by atoms with Crippen molar-refractivity contribution in [1.82, 2.24) is 14.9 Å². The summed E-state index contributed by atoms with van der Waals surface area (Å²) in [6, 6.07) is 17.6. The van der Waals surface area contributed by atoms with Crippen LogP contribution in [0.4, 0.5) is 0 Å². The smallest absolute Gasteiger partial charge is 0.223 e. The Hall–Kier alpha value is -2.63. The highest BCUT2D eigenvalue weighted by Gasteiger charge is 2.24. The Morgan fingerprint density at radius 2 is 2.03 bits per heavy atom. The number of carbonyl (C=O) groups excluding carboxylic acids is 1. The predicted molar refractivity (Wildman–Crippen MR) is 118 cm³/mol. The molecule has 1 amide bonds. The lowest BCUT2D eigenvalue weighted by molar-refractivity contribution is -0.135. The van der Waals surface area contributed by atoms with Crippen LogP contribution in [0.3, 0.4) is 0 Å². The summed E-state index contributed by atoms with van der Waals surface area (Å²) in [5, 5.41) is 0.722. The number of aromatic amines is 1. The number of aromatic nitrogens is 2. The van der Waals surface area contributed by atoms with Gasteiger partial charge in [-0.1, -0.05) is 29.8 Å². The normalized spacial score (nSPS) is 16.6. The van der Waals surface area contributed by atoms with Crippen molar-refractivity contribution in [2.24, 2.45) is 0 Å². The van der Waals surface area contributed by atoms with E-state index in [0.29, 0.717) is 26.0 Å². The molecule has 1 aliphatic rings. The largest absolute Gasteiger partial charge is 0.370 e. The molecule has 1 aliphatic heterocycles. The SMILES string of the molecule is O=C(CCc1ccc(-c2ccc(Cl)cc2)[nH]1)N1CCCC(OCc2ccccn2)C1. The van der Waals surface area contributed by atoms with Gasteiger partial charge in [0.1, 0.15) is 0 Å². The second-order valence-corrected chi connectivity index (χ2v) is 8.08. The van der Waals surface area contributed by atoms with E-state index in [1.807, 2.05) is 59.5 Å². The van der Waals surface area contributed by atoms with Gasteiger partial charge < -0.3 is 14.6 Å². The first-order chi connectivity index (χ1) is 14.7. The molecule has 0 aliphatic carbocycles. The van der Waals surface area contributed by atoms with Crippen LogP contribution in [0.2, 0.25) is 5.02 Å². The molecule has 3 heterocycles. The summed E-state index contributed by atoms with van der Waals surface area (Å²) in [7, 11) is 0. The summed E-state index contributed by atoms with van der Waals surface area (Å²) in [5.74, 6) is 0.184. The first-order valence-electron chi connectivity index (χ1n) is 10.4. The van der Waals surface area contributed by atoms with Gasteiger partial charge in [0, 0.05) is 42.1 Å². The van der Waals surface area contributed by atoms with Crippen molar-refractivity contribution in [3.05, 3.63) is 77.2 Å². The van der Waals surface area contributed by atoms with Gasteiger partial charge in [0.25, 0.3) is 0 Å². The summed E-state index contributed by atoms with van der Waals surface area (Å²) in [5.41, 5.74) is 4.11. The van der Waals surface area contributed by atoms with Crippen molar-refractivity contribution in [2.75, 3.05) is 13.1 Å². The number of ether oxygens (including phenoxy) is 1. The van der Waals surface area contributed by atoms with Crippen LogP contribution in [-0.2, 0) is 22.6 Å². The number of amides is 1. The molecule has 0 spiro atoms. The first kappa shape index (κ1) is 20.6. The van der Waals surface area contributed by atoms with Crippen molar-refractivity contribution in [3.8, 4) is 11.3 Å². The summed E-state index contributed by atoms with van der Waals surface area (Å²) < 4.78 is 6.00. The van der Waals surface area contributed by atoms with Gasteiger partial charge in [0.05, 0.1) is 18.4 Å². The maximum Gasteiger partial charge on any atom is 0.223 e. The number of carbonyl (C=O) groups is 1. The molecule has 1 atom stereocenters. The number of halogens is 1. The zero-order valence-electron chi connectivity index (χ0n) is 16.9. The number of pyridine rings is 1. The van der Waals surface area contributed by atoms with Crippen molar-refractivity contribution in [1.29, 1.82) is 0 Å². The lowest BCUT2D eigenvalue weighted by atomic mass is 10.1. The van der Waals surface area contributed by atoms with Gasteiger partial charge in [-0.15, -0.1) is 0 Å². The lowest BCUT2D eigenvalue weighted by Crippen LogP contribution is -2.43. The minimum absolute atomic E-state index is 0.0756. The zero-order valence-corrected chi connectivity index (χ0v) is 17.6. The topological polar surface area (TPSA) is 58.2 Å². The van der Waals surface area contributed by atoms with E-state index in [1.165, 1.54) is 0 Å². The number of H-pyrrole nitrogens is 1. The van der Waals surface area contributed by atoms with Crippen LogP contribution in [-0.4, -0.2) is 40.0 Å². The van der Waals surface area contributed by atoms with Gasteiger partial charge in [0.2, 0.25) is 5.91 Å². The zero-order chi connectivity index (χ0) is 20.8. The number of nitrogens with zero attached hydrogens (tertiary/aromatic N) is 2. The van der Waals surface area contributed by atoms with Gasteiger partial charge in [-0.05, 0) is 61.2 Å². The van der Waals surface area contributed by atoms with E-state index in [9.17, 15) is 4.79 Å². The summed E-state index contributed by atoms with van der Waals surface area (Å²) in [4.78, 5) is 22.4. The fourth-order valence-electron chi connectivity index (χ4n) is 3.77. The molecule has 1 saturated heterocycles. The molecule has 4 rings (SSSR count). The van der Waals surface area contributed by atoms with Crippen LogP contribution in [0.5, 0.6) is 0 Å². The van der Waals surface area contributed by atoms with Gasteiger partial charge in [-0.2, -0.15) is 0 Å². The Labute approximate surface area is 182 Å². The summed E-state index contributed by atoms with van der Waals surface area (Å²) in [6.45, 7) is 1.96. The highest BCUT2D eigenvalue weighted by Crippen LogP contribution is 2.22. The molecule has 1 unspecified atom stereocenters. The number of rotatable bonds is 7. The molecule has 3 aromatic rings. The van der Waals surface area contributed by atoms with Crippen LogP contribution in [0.25, 0.3) is 11.3 Å². The fourth-order valence-corrected chi connectivity index (χ4v) is 3.90. The monoisotopic (exact) mass is 423 g/mol. The van der Waals surface area contributed by atoms with E-state index in [1.54, 1.807) is 6.20 Å². The molecule has 1 fully saturated rings. The molecular weight excluding hydrogens is 398 g/mol. The molecule has 156 valence electrons. The van der Waals surface area contributed by atoms with Crippen LogP contribution in [0, 0.1) is 0 Å². The van der Waals surface area contributed by atoms with Gasteiger partial charge in [0.15, 0.2) is 0 Å². The minimum Gasteiger partial charge on any atom is -0.370 e. The van der Waals surface area contributed by atoms with Crippen molar-refractivity contribution in [2.45, 2.75) is 38.4 Å². The van der Waals surface area contributed by atoms with Crippen LogP contribution in [0.1, 0.15) is 30.7 Å².